The summed E-state index contributed by atoms with van der Waals surface area (Å²) >= 11 is 0. The second kappa shape index (κ2) is 5.78. The lowest BCUT2D eigenvalue weighted by Gasteiger charge is -2.14. The van der Waals surface area contributed by atoms with E-state index in [-0.39, 0.29) is 12.4 Å². The van der Waals surface area contributed by atoms with E-state index >= 15 is 0 Å². The Morgan fingerprint density at radius 2 is 1.90 bits per heavy atom. The molecule has 0 aliphatic carbocycles. The van der Waals surface area contributed by atoms with Crippen LogP contribution in [0.2, 0.25) is 0 Å². The van der Waals surface area contributed by atoms with Crippen molar-refractivity contribution in [2.45, 2.75) is 12.8 Å². The lowest BCUT2D eigenvalue weighted by Crippen LogP contribution is -2.11. The number of alkyl halides is 3. The van der Waals surface area contributed by atoms with Gasteiger partial charge in [-0.15, -0.1) is 0 Å². The molecule has 8 heteroatoms. The van der Waals surface area contributed by atoms with Crippen LogP contribution in [0.3, 0.4) is 0 Å². The number of hydrogen-bond donors (Lipinski definition) is 1. The van der Waals surface area contributed by atoms with Gasteiger partial charge in [0.05, 0.1) is 11.1 Å². The fourth-order valence-corrected chi connectivity index (χ4v) is 1.56. The highest BCUT2D eigenvalue weighted by atomic mass is 19.4. The number of carboxylic acid groups (broad SMARTS) is 1. The Morgan fingerprint density at radius 3 is 2.48 bits per heavy atom. The van der Waals surface area contributed by atoms with Crippen LogP contribution in [0.25, 0.3) is 0 Å². The zero-order valence-corrected chi connectivity index (χ0v) is 10.5. The van der Waals surface area contributed by atoms with Gasteiger partial charge in [0, 0.05) is 12.4 Å². The van der Waals surface area contributed by atoms with E-state index in [4.69, 9.17) is 9.84 Å². The van der Waals surface area contributed by atoms with Gasteiger partial charge in [-0.25, -0.2) is 14.8 Å². The number of benzene rings is 1. The van der Waals surface area contributed by atoms with Crippen molar-refractivity contribution in [1.82, 2.24) is 9.97 Å². The summed E-state index contributed by atoms with van der Waals surface area (Å²) in [6, 6.07) is 4.10. The average molecular weight is 298 g/mol. The van der Waals surface area contributed by atoms with Crippen molar-refractivity contribution in [3.8, 4) is 5.75 Å². The molecule has 0 atom stereocenters. The average Bonchev–Trinajstić information content (AvgIpc) is 2.45. The molecule has 0 saturated heterocycles. The quantitative estimate of drug-likeness (QED) is 0.939. The Labute approximate surface area is 117 Å². The zero-order chi connectivity index (χ0) is 15.5. The van der Waals surface area contributed by atoms with Gasteiger partial charge in [0.1, 0.15) is 12.4 Å². The van der Waals surface area contributed by atoms with Crippen molar-refractivity contribution >= 4 is 5.97 Å². The lowest BCUT2D eigenvalue weighted by molar-refractivity contribution is -0.139. The number of halogens is 3. The molecule has 0 bridgehead atoms. The van der Waals surface area contributed by atoms with Gasteiger partial charge in [0.15, 0.2) is 5.82 Å². The second-order valence-electron chi connectivity index (χ2n) is 3.97. The molecule has 0 aliphatic rings. The van der Waals surface area contributed by atoms with E-state index in [1.807, 2.05) is 0 Å². The van der Waals surface area contributed by atoms with Crippen molar-refractivity contribution in [2.75, 3.05) is 0 Å². The number of aromatic carboxylic acids is 1. The van der Waals surface area contributed by atoms with Gasteiger partial charge < -0.3 is 9.84 Å². The van der Waals surface area contributed by atoms with Gasteiger partial charge in [-0.05, 0) is 24.3 Å². The van der Waals surface area contributed by atoms with Crippen LogP contribution in [0.1, 0.15) is 21.7 Å². The summed E-state index contributed by atoms with van der Waals surface area (Å²) in [5.74, 6) is -1.70. The van der Waals surface area contributed by atoms with Crippen LogP contribution in [0, 0.1) is 0 Å². The van der Waals surface area contributed by atoms with Gasteiger partial charge in [0.25, 0.3) is 0 Å². The molecular weight excluding hydrogens is 289 g/mol. The smallest absolute Gasteiger partial charge is 0.419 e. The summed E-state index contributed by atoms with van der Waals surface area (Å²) in [5.41, 5.74) is -1.62. The molecule has 0 unspecified atom stereocenters. The fourth-order valence-electron chi connectivity index (χ4n) is 1.56. The molecule has 110 valence electrons. The molecule has 0 spiro atoms. The summed E-state index contributed by atoms with van der Waals surface area (Å²) in [7, 11) is 0. The monoisotopic (exact) mass is 298 g/mol. The van der Waals surface area contributed by atoms with Gasteiger partial charge in [0.2, 0.25) is 0 Å². The maximum atomic E-state index is 12.9. The largest absolute Gasteiger partial charge is 0.485 e. The maximum absolute atomic E-state index is 12.9. The normalized spacial score (nSPS) is 11.2. The van der Waals surface area contributed by atoms with Crippen molar-refractivity contribution in [2.24, 2.45) is 0 Å². The molecule has 1 heterocycles. The fraction of sp³-hybridized carbons (Fsp3) is 0.154. The van der Waals surface area contributed by atoms with E-state index in [1.54, 1.807) is 6.07 Å². The summed E-state index contributed by atoms with van der Waals surface area (Å²) in [4.78, 5) is 18.4. The molecular formula is C13H9F3N2O3. The predicted molar refractivity (Wildman–Crippen MR) is 64.8 cm³/mol. The molecule has 0 aliphatic heterocycles. The summed E-state index contributed by atoms with van der Waals surface area (Å²) < 4.78 is 43.8. The number of nitrogens with zero attached hydrogens (tertiary/aromatic N) is 2. The minimum Gasteiger partial charge on any atom is -0.485 e. The highest BCUT2D eigenvalue weighted by Crippen LogP contribution is 2.37. The van der Waals surface area contributed by atoms with Crippen LogP contribution >= 0.6 is 0 Å². The number of hydrogen-bond acceptors (Lipinski definition) is 4. The summed E-state index contributed by atoms with van der Waals surface area (Å²) in [6.45, 7) is -0.254. The first-order valence-corrected chi connectivity index (χ1v) is 5.71. The van der Waals surface area contributed by atoms with Crippen LogP contribution in [-0.2, 0) is 12.8 Å². The first kappa shape index (κ1) is 14.8. The van der Waals surface area contributed by atoms with Gasteiger partial charge in [-0.1, -0.05) is 0 Å². The highest BCUT2D eigenvalue weighted by Gasteiger charge is 2.35. The molecule has 21 heavy (non-hydrogen) atoms. The molecule has 0 saturated carbocycles. The second-order valence-corrected chi connectivity index (χ2v) is 3.97. The third-order valence-corrected chi connectivity index (χ3v) is 2.51. The lowest BCUT2D eigenvalue weighted by atomic mass is 10.1. The molecule has 2 rings (SSSR count). The SMILES string of the molecule is O=C(O)c1ccc(OCc2ncccn2)c(C(F)(F)F)c1. The molecule has 0 radical (unpaired) electrons. The molecule has 2 aromatic rings. The van der Waals surface area contributed by atoms with Gasteiger partial charge in [-0.2, -0.15) is 13.2 Å². The van der Waals surface area contributed by atoms with Crippen LogP contribution in [0.5, 0.6) is 5.75 Å². The Balaban J connectivity index is 2.28. The van der Waals surface area contributed by atoms with Crippen molar-refractivity contribution in [1.29, 1.82) is 0 Å². The maximum Gasteiger partial charge on any atom is 0.419 e. The standard InChI is InChI=1S/C13H9F3N2O3/c14-13(15,16)9-6-8(12(19)20)2-3-10(9)21-7-11-17-4-1-5-18-11/h1-6H,7H2,(H,19,20). The zero-order valence-electron chi connectivity index (χ0n) is 10.5. The molecule has 1 N–H and O–H groups in total. The van der Waals surface area contributed by atoms with E-state index < -0.39 is 29.0 Å². The molecule has 0 fully saturated rings. The van der Waals surface area contributed by atoms with Crippen LogP contribution in [-0.4, -0.2) is 21.0 Å². The van der Waals surface area contributed by atoms with Gasteiger partial charge in [-0.3, -0.25) is 0 Å². The van der Waals surface area contributed by atoms with Gasteiger partial charge >= 0.3 is 12.1 Å². The van der Waals surface area contributed by atoms with E-state index in [0.717, 1.165) is 12.1 Å². The minimum atomic E-state index is -4.72. The molecule has 5 nitrogen and oxygen atoms in total. The Bertz CT molecular complexity index is 645. The van der Waals surface area contributed by atoms with Crippen LogP contribution in [0.4, 0.5) is 13.2 Å². The number of ether oxygens (including phenoxy) is 1. The van der Waals surface area contributed by atoms with Crippen LogP contribution in [0.15, 0.2) is 36.7 Å². The molecule has 0 amide bonds. The minimum absolute atomic E-state index is 0.216. The molecule has 1 aromatic heterocycles. The Morgan fingerprint density at radius 1 is 1.24 bits per heavy atom. The van der Waals surface area contributed by atoms with E-state index in [2.05, 4.69) is 9.97 Å². The number of carboxylic acids is 1. The topological polar surface area (TPSA) is 72.3 Å². The number of rotatable bonds is 4. The first-order chi connectivity index (χ1) is 9.88. The number of aromatic nitrogens is 2. The summed E-state index contributed by atoms with van der Waals surface area (Å²) in [6.07, 6.45) is -1.86. The Hall–Kier alpha value is -2.64. The van der Waals surface area contributed by atoms with Crippen molar-refractivity contribution in [3.05, 3.63) is 53.6 Å². The van der Waals surface area contributed by atoms with E-state index in [0.29, 0.717) is 6.07 Å². The van der Waals surface area contributed by atoms with E-state index in [1.165, 1.54) is 12.4 Å². The predicted octanol–water partition coefficient (Wildman–Crippen LogP) is 2.77. The first-order valence-electron chi connectivity index (χ1n) is 5.71. The van der Waals surface area contributed by atoms with E-state index in [9.17, 15) is 18.0 Å². The molecule has 1 aromatic carbocycles. The third kappa shape index (κ3) is 3.68. The Kier molecular flexibility index (Phi) is 4.06. The van der Waals surface area contributed by atoms with Crippen LogP contribution < -0.4 is 4.74 Å². The third-order valence-electron chi connectivity index (χ3n) is 2.51. The van der Waals surface area contributed by atoms with Crippen molar-refractivity contribution < 1.29 is 27.8 Å². The number of carbonyl (C=O) groups is 1. The highest BCUT2D eigenvalue weighted by molar-refractivity contribution is 5.88. The summed E-state index contributed by atoms with van der Waals surface area (Å²) in [5, 5.41) is 8.75. The van der Waals surface area contributed by atoms with Crippen molar-refractivity contribution in [3.63, 3.8) is 0 Å².